The van der Waals surface area contributed by atoms with Crippen LogP contribution in [0.2, 0.25) is 0 Å². The van der Waals surface area contributed by atoms with Gasteiger partial charge in [0.05, 0.1) is 17.9 Å². The van der Waals surface area contributed by atoms with Crippen molar-refractivity contribution in [2.24, 2.45) is 0 Å². The van der Waals surface area contributed by atoms with Crippen LogP contribution in [0.15, 0.2) is 18.2 Å². The lowest BCUT2D eigenvalue weighted by atomic mass is 10.0. The van der Waals surface area contributed by atoms with Crippen molar-refractivity contribution in [3.05, 3.63) is 29.8 Å². The van der Waals surface area contributed by atoms with Gasteiger partial charge in [-0.15, -0.1) is 5.10 Å². The number of carboxylic acid groups (broad SMARTS) is 1. The van der Waals surface area contributed by atoms with E-state index in [2.05, 4.69) is 20.8 Å². The van der Waals surface area contributed by atoms with Gasteiger partial charge in [0.15, 0.2) is 5.82 Å². The van der Waals surface area contributed by atoms with Crippen molar-refractivity contribution in [3.63, 3.8) is 0 Å². The van der Waals surface area contributed by atoms with Crippen molar-refractivity contribution in [3.8, 4) is 5.69 Å². The minimum atomic E-state index is -0.945. The number of halogens is 1. The second kappa shape index (κ2) is 7.56. The smallest absolute Gasteiger partial charge is 0.320 e. The van der Waals surface area contributed by atoms with Gasteiger partial charge in [-0.25, -0.2) is 4.39 Å². The maximum absolute atomic E-state index is 14.1. The number of nitrogens with one attached hydrogen (secondary N) is 1. The molecule has 1 aliphatic rings. The highest BCUT2D eigenvalue weighted by atomic mass is 19.1. The number of piperidine rings is 1. The minimum absolute atomic E-state index is 0.00807. The molecule has 1 aromatic carbocycles. The molecule has 0 aliphatic carbocycles. The zero-order valence-corrected chi connectivity index (χ0v) is 14.2. The van der Waals surface area contributed by atoms with E-state index < -0.39 is 23.7 Å². The van der Waals surface area contributed by atoms with Gasteiger partial charge < -0.3 is 10.4 Å². The predicted octanol–water partition coefficient (Wildman–Crippen LogP) is 0.987. The summed E-state index contributed by atoms with van der Waals surface area (Å²) in [6.45, 7) is 2.12. The first-order valence-electron chi connectivity index (χ1n) is 8.27. The molecule has 2 aromatic rings. The molecule has 2 N–H and O–H groups in total. The first-order valence-corrected chi connectivity index (χ1v) is 8.27. The van der Waals surface area contributed by atoms with Gasteiger partial charge in [-0.2, -0.15) is 4.68 Å². The number of nitrogens with zero attached hydrogens (tertiary/aromatic N) is 5. The Balaban J connectivity index is 1.73. The molecule has 0 radical (unpaired) electrons. The van der Waals surface area contributed by atoms with Gasteiger partial charge in [-0.3, -0.25) is 14.5 Å². The second-order valence-electron chi connectivity index (χ2n) is 6.17. The van der Waals surface area contributed by atoms with Gasteiger partial charge in [0.25, 0.3) is 0 Å². The number of hydrogen-bond acceptors (Lipinski definition) is 6. The van der Waals surface area contributed by atoms with Crippen molar-refractivity contribution < 1.29 is 19.1 Å². The highest BCUT2D eigenvalue weighted by Crippen LogP contribution is 2.20. The molecule has 0 bridgehead atoms. The van der Waals surface area contributed by atoms with Crippen molar-refractivity contribution in [1.82, 2.24) is 25.1 Å². The van der Waals surface area contributed by atoms with E-state index in [1.165, 1.54) is 22.9 Å². The van der Waals surface area contributed by atoms with Crippen LogP contribution < -0.4 is 5.32 Å². The topological polar surface area (TPSA) is 113 Å². The van der Waals surface area contributed by atoms with Crippen LogP contribution in [-0.2, 0) is 9.59 Å². The molecule has 1 atom stereocenters. The Kier molecular flexibility index (Phi) is 5.21. The van der Waals surface area contributed by atoms with Gasteiger partial charge in [0, 0.05) is 0 Å². The van der Waals surface area contributed by atoms with Crippen LogP contribution in [0, 0.1) is 12.7 Å². The molecule has 3 rings (SSSR count). The van der Waals surface area contributed by atoms with Crippen LogP contribution in [0.25, 0.3) is 5.69 Å². The van der Waals surface area contributed by atoms with Crippen molar-refractivity contribution in [2.45, 2.75) is 32.2 Å². The fraction of sp³-hybridized carbons (Fsp3) is 0.438. The first kappa shape index (κ1) is 17.9. The fourth-order valence-corrected chi connectivity index (χ4v) is 3.05. The third kappa shape index (κ3) is 3.85. The van der Waals surface area contributed by atoms with Crippen LogP contribution in [-0.4, -0.2) is 61.2 Å². The van der Waals surface area contributed by atoms with Crippen LogP contribution in [0.4, 0.5) is 10.1 Å². The van der Waals surface area contributed by atoms with Crippen molar-refractivity contribution in [2.75, 3.05) is 18.4 Å². The highest BCUT2D eigenvalue weighted by molar-refractivity contribution is 5.93. The molecule has 26 heavy (non-hydrogen) atoms. The Hall–Kier alpha value is -2.88. The molecule has 0 spiro atoms. The lowest BCUT2D eigenvalue weighted by Crippen LogP contribution is -2.47. The zero-order chi connectivity index (χ0) is 18.7. The molecular weight excluding hydrogens is 343 g/mol. The Bertz CT molecular complexity index is 824. The lowest BCUT2D eigenvalue weighted by Gasteiger charge is -2.32. The zero-order valence-electron chi connectivity index (χ0n) is 14.2. The quantitative estimate of drug-likeness (QED) is 0.815. The summed E-state index contributed by atoms with van der Waals surface area (Å²) in [7, 11) is 0. The van der Waals surface area contributed by atoms with E-state index in [-0.39, 0.29) is 12.2 Å². The van der Waals surface area contributed by atoms with Crippen LogP contribution in [0.3, 0.4) is 0 Å². The number of carbonyl (C=O) groups is 2. The molecule has 9 nitrogen and oxygen atoms in total. The maximum Gasteiger partial charge on any atom is 0.320 e. The predicted molar refractivity (Wildman–Crippen MR) is 89.3 cm³/mol. The van der Waals surface area contributed by atoms with E-state index in [4.69, 9.17) is 0 Å². The average Bonchev–Trinajstić information content (AvgIpc) is 3.03. The normalized spacial score (nSPS) is 17.8. The fourth-order valence-electron chi connectivity index (χ4n) is 3.05. The Morgan fingerprint density at radius 2 is 2.19 bits per heavy atom. The number of benzene rings is 1. The van der Waals surface area contributed by atoms with E-state index in [0.717, 1.165) is 12.8 Å². The molecule has 1 aliphatic heterocycles. The SMILES string of the molecule is Cc1nnnn1-c1ccc(F)c(NC(=O)CN2CCCCC2C(=O)O)c1. The summed E-state index contributed by atoms with van der Waals surface area (Å²) in [5.41, 5.74) is 0.497. The Morgan fingerprint density at radius 1 is 1.38 bits per heavy atom. The monoisotopic (exact) mass is 362 g/mol. The number of anilines is 1. The number of aromatic nitrogens is 4. The number of hydrogen-bond donors (Lipinski definition) is 2. The maximum atomic E-state index is 14.1. The molecule has 1 saturated heterocycles. The van der Waals surface area contributed by atoms with E-state index in [0.29, 0.717) is 24.5 Å². The van der Waals surface area contributed by atoms with Gasteiger partial charge in [-0.1, -0.05) is 6.42 Å². The average molecular weight is 362 g/mol. The molecule has 1 unspecified atom stereocenters. The van der Waals surface area contributed by atoms with E-state index in [9.17, 15) is 19.1 Å². The Labute approximate surface area is 148 Å². The number of aryl methyl sites for hydroxylation is 1. The standard InChI is InChI=1S/C16H19FN6O3/c1-10-19-20-21-23(10)11-5-6-12(17)13(8-11)18-15(24)9-22-7-3-2-4-14(22)16(25)26/h5-6,8,14H,2-4,7,9H2,1H3,(H,18,24)(H,25,26). The lowest BCUT2D eigenvalue weighted by molar-refractivity contribution is -0.145. The molecule has 138 valence electrons. The first-order chi connectivity index (χ1) is 12.5. The third-order valence-corrected chi connectivity index (χ3v) is 4.34. The second-order valence-corrected chi connectivity index (χ2v) is 6.17. The molecule has 2 heterocycles. The number of likely N-dealkylation sites (tertiary alicyclic amines) is 1. The number of rotatable bonds is 5. The van der Waals surface area contributed by atoms with Crippen LogP contribution >= 0.6 is 0 Å². The summed E-state index contributed by atoms with van der Waals surface area (Å²) in [4.78, 5) is 25.2. The highest BCUT2D eigenvalue weighted by Gasteiger charge is 2.29. The summed E-state index contributed by atoms with van der Waals surface area (Å²) < 4.78 is 15.5. The van der Waals surface area contributed by atoms with E-state index >= 15 is 0 Å². The van der Waals surface area contributed by atoms with Gasteiger partial charge in [-0.05, 0) is 54.9 Å². The Morgan fingerprint density at radius 3 is 2.88 bits per heavy atom. The third-order valence-electron chi connectivity index (χ3n) is 4.34. The number of tetrazole rings is 1. The molecule has 10 heteroatoms. The summed E-state index contributed by atoms with van der Waals surface area (Å²) in [6.07, 6.45) is 2.15. The summed E-state index contributed by atoms with van der Waals surface area (Å²) in [6, 6.07) is 3.46. The van der Waals surface area contributed by atoms with Crippen molar-refractivity contribution >= 4 is 17.6 Å². The number of amides is 1. The largest absolute Gasteiger partial charge is 0.480 e. The number of carboxylic acids is 1. The summed E-state index contributed by atoms with van der Waals surface area (Å²) in [5.74, 6) is -1.49. The van der Waals surface area contributed by atoms with Crippen molar-refractivity contribution in [1.29, 1.82) is 0 Å². The number of aliphatic carboxylic acids is 1. The van der Waals surface area contributed by atoms with E-state index in [1.807, 2.05) is 0 Å². The molecule has 1 amide bonds. The summed E-state index contributed by atoms with van der Waals surface area (Å²) in [5, 5.41) is 22.9. The number of carbonyl (C=O) groups excluding carboxylic acids is 1. The van der Waals surface area contributed by atoms with Gasteiger partial charge in [0.1, 0.15) is 11.9 Å². The summed E-state index contributed by atoms with van der Waals surface area (Å²) >= 11 is 0. The van der Waals surface area contributed by atoms with Crippen LogP contribution in [0.5, 0.6) is 0 Å². The minimum Gasteiger partial charge on any atom is -0.480 e. The van der Waals surface area contributed by atoms with Gasteiger partial charge in [0.2, 0.25) is 5.91 Å². The molecule has 1 aromatic heterocycles. The van der Waals surface area contributed by atoms with E-state index in [1.54, 1.807) is 11.8 Å². The van der Waals surface area contributed by atoms with Crippen LogP contribution in [0.1, 0.15) is 25.1 Å². The molecule has 1 fully saturated rings. The molecule has 0 saturated carbocycles. The van der Waals surface area contributed by atoms with Gasteiger partial charge >= 0.3 is 5.97 Å². The molecular formula is C16H19FN6O3.